The van der Waals surface area contributed by atoms with Gasteiger partial charge in [0.15, 0.2) is 0 Å². The first-order chi connectivity index (χ1) is 11.8. The van der Waals surface area contributed by atoms with E-state index >= 15 is 0 Å². The molecule has 0 rings (SSSR count). The molecule has 0 aromatic carbocycles. The highest BCUT2D eigenvalue weighted by molar-refractivity contribution is 4.59. The first-order valence-corrected chi connectivity index (χ1v) is 11.4. The van der Waals surface area contributed by atoms with Crippen molar-refractivity contribution >= 4 is 0 Å². The van der Waals surface area contributed by atoms with Gasteiger partial charge in [0, 0.05) is 0 Å². The van der Waals surface area contributed by atoms with Gasteiger partial charge >= 0.3 is 0 Å². The largest absolute Gasteiger partial charge is 0.0651 e. The van der Waals surface area contributed by atoms with E-state index in [1.807, 2.05) is 0 Å². The Labute approximate surface area is 155 Å². The highest BCUT2D eigenvalue weighted by Gasteiger charge is 2.05. The van der Waals surface area contributed by atoms with Crippen LogP contribution in [0.3, 0.4) is 0 Å². The third-order valence-corrected chi connectivity index (χ3v) is 5.55. The Morgan fingerprint density at radius 2 is 0.750 bits per heavy atom. The fraction of sp³-hybridized carbons (Fsp3) is 0.917. The molecule has 0 saturated carbocycles. The molecule has 0 nitrogen and oxygen atoms in total. The maximum atomic E-state index is 3.95. The van der Waals surface area contributed by atoms with Crippen LogP contribution in [-0.2, 0) is 0 Å². The summed E-state index contributed by atoms with van der Waals surface area (Å²) in [5.41, 5.74) is 0. The molecule has 0 heterocycles. The number of rotatable bonds is 20. The normalized spacial score (nSPS) is 12.6. The monoisotopic (exact) mass is 336 g/mol. The lowest BCUT2D eigenvalue weighted by molar-refractivity contribution is 0.397. The summed E-state index contributed by atoms with van der Waals surface area (Å²) in [5.74, 6) is 0.991. The zero-order valence-corrected chi connectivity index (χ0v) is 17.1. The zero-order chi connectivity index (χ0) is 17.7. The van der Waals surface area contributed by atoms with E-state index in [0.717, 1.165) is 18.8 Å². The predicted molar refractivity (Wildman–Crippen MR) is 112 cm³/mol. The third kappa shape index (κ3) is 18.3. The summed E-state index contributed by atoms with van der Waals surface area (Å²) in [6.07, 6.45) is 28.1. The fourth-order valence-corrected chi connectivity index (χ4v) is 3.72. The van der Waals surface area contributed by atoms with Crippen LogP contribution in [0.5, 0.6) is 0 Å². The smallest absolute Gasteiger partial charge is 0.0417 e. The molecular formula is C24H48. The topological polar surface area (TPSA) is 0 Å². The molecule has 0 saturated heterocycles. The minimum atomic E-state index is 0.991. The van der Waals surface area contributed by atoms with Crippen molar-refractivity contribution in [3.8, 4) is 0 Å². The Morgan fingerprint density at radius 3 is 1.12 bits per heavy atom. The molecule has 1 atom stereocenters. The van der Waals surface area contributed by atoms with Gasteiger partial charge in [0.2, 0.25) is 0 Å². The second kappa shape index (κ2) is 21.0. The summed E-state index contributed by atoms with van der Waals surface area (Å²) in [4.78, 5) is 0. The van der Waals surface area contributed by atoms with E-state index in [4.69, 9.17) is 0 Å². The van der Waals surface area contributed by atoms with E-state index in [1.54, 1.807) is 0 Å². The van der Waals surface area contributed by atoms with Crippen LogP contribution in [0.15, 0.2) is 0 Å². The summed E-state index contributed by atoms with van der Waals surface area (Å²) >= 11 is 0. The van der Waals surface area contributed by atoms with E-state index in [2.05, 4.69) is 20.8 Å². The van der Waals surface area contributed by atoms with Crippen LogP contribution in [0.25, 0.3) is 0 Å². The third-order valence-electron chi connectivity index (χ3n) is 5.55. The first-order valence-electron chi connectivity index (χ1n) is 11.4. The van der Waals surface area contributed by atoms with Crippen LogP contribution in [0.1, 0.15) is 135 Å². The first kappa shape index (κ1) is 24.0. The zero-order valence-electron chi connectivity index (χ0n) is 17.1. The maximum Gasteiger partial charge on any atom is -0.0417 e. The second-order valence-electron chi connectivity index (χ2n) is 7.86. The van der Waals surface area contributed by atoms with Crippen molar-refractivity contribution in [3.63, 3.8) is 0 Å². The van der Waals surface area contributed by atoms with Crippen LogP contribution < -0.4 is 0 Å². The minimum Gasteiger partial charge on any atom is -0.0651 e. The standard InChI is InChI=1S/C24H48/c1-4-7-9-10-11-12-13-14-15-16-17-18-19-21-23-24(6-3)22-20-8-5-2/h24H,1-2,4-23H2,3H3. The van der Waals surface area contributed by atoms with E-state index in [0.29, 0.717) is 0 Å². The lowest BCUT2D eigenvalue weighted by Crippen LogP contribution is -1.99. The van der Waals surface area contributed by atoms with Gasteiger partial charge in [-0.1, -0.05) is 149 Å². The SMILES string of the molecule is [CH2]CCCCCCCCCCCCCCCC(CC)CCCC[CH2]. The van der Waals surface area contributed by atoms with Gasteiger partial charge in [-0.2, -0.15) is 0 Å². The molecule has 144 valence electrons. The minimum absolute atomic E-state index is 0.991. The van der Waals surface area contributed by atoms with E-state index in [-0.39, 0.29) is 0 Å². The van der Waals surface area contributed by atoms with Crippen molar-refractivity contribution in [2.45, 2.75) is 135 Å². The highest BCUT2D eigenvalue weighted by atomic mass is 14.1. The van der Waals surface area contributed by atoms with Gasteiger partial charge in [-0.3, -0.25) is 0 Å². The summed E-state index contributed by atoms with van der Waals surface area (Å²) in [5, 5.41) is 0. The van der Waals surface area contributed by atoms with Crippen LogP contribution in [0.4, 0.5) is 0 Å². The fourth-order valence-electron chi connectivity index (χ4n) is 3.72. The molecule has 0 amide bonds. The van der Waals surface area contributed by atoms with Crippen molar-refractivity contribution in [1.29, 1.82) is 0 Å². The second-order valence-corrected chi connectivity index (χ2v) is 7.86. The summed E-state index contributed by atoms with van der Waals surface area (Å²) in [6, 6.07) is 0. The molecule has 0 aromatic heterocycles. The summed E-state index contributed by atoms with van der Waals surface area (Å²) in [7, 11) is 0. The number of hydrogen-bond donors (Lipinski definition) is 0. The molecule has 0 N–H and O–H groups in total. The highest BCUT2D eigenvalue weighted by Crippen LogP contribution is 2.21. The van der Waals surface area contributed by atoms with Gasteiger partial charge in [-0.25, -0.2) is 0 Å². The van der Waals surface area contributed by atoms with Crippen molar-refractivity contribution in [2.75, 3.05) is 0 Å². The molecule has 1 unspecified atom stereocenters. The van der Waals surface area contributed by atoms with E-state index < -0.39 is 0 Å². The molecule has 0 fully saturated rings. The van der Waals surface area contributed by atoms with Crippen LogP contribution >= 0.6 is 0 Å². The Balaban J connectivity index is 3.16. The Bertz CT molecular complexity index is 208. The molecule has 0 bridgehead atoms. The molecule has 0 aliphatic rings. The molecular weight excluding hydrogens is 288 g/mol. The average Bonchev–Trinajstić information content (AvgIpc) is 2.60. The molecule has 2 radical (unpaired) electrons. The lowest BCUT2D eigenvalue weighted by Gasteiger charge is -2.14. The molecule has 24 heavy (non-hydrogen) atoms. The van der Waals surface area contributed by atoms with Crippen LogP contribution in [0, 0.1) is 19.8 Å². The summed E-state index contributed by atoms with van der Waals surface area (Å²) < 4.78 is 0. The number of unbranched alkanes of at least 4 members (excludes halogenated alkanes) is 15. The predicted octanol–water partition coefficient (Wildman–Crippen LogP) is 9.09. The van der Waals surface area contributed by atoms with Crippen molar-refractivity contribution in [1.82, 2.24) is 0 Å². The van der Waals surface area contributed by atoms with E-state index in [1.165, 1.54) is 116 Å². The van der Waals surface area contributed by atoms with Gasteiger partial charge in [0.05, 0.1) is 0 Å². The van der Waals surface area contributed by atoms with E-state index in [9.17, 15) is 0 Å². The Morgan fingerprint density at radius 1 is 0.458 bits per heavy atom. The molecule has 0 spiro atoms. The van der Waals surface area contributed by atoms with Crippen molar-refractivity contribution < 1.29 is 0 Å². The molecule has 0 aliphatic heterocycles. The molecule has 0 aliphatic carbocycles. The van der Waals surface area contributed by atoms with Gasteiger partial charge in [0.25, 0.3) is 0 Å². The van der Waals surface area contributed by atoms with Gasteiger partial charge in [0.1, 0.15) is 0 Å². The van der Waals surface area contributed by atoms with Crippen LogP contribution in [0.2, 0.25) is 0 Å². The average molecular weight is 337 g/mol. The Kier molecular flexibility index (Phi) is 21.0. The van der Waals surface area contributed by atoms with Crippen molar-refractivity contribution in [2.24, 2.45) is 5.92 Å². The van der Waals surface area contributed by atoms with Crippen LogP contribution in [-0.4, -0.2) is 0 Å². The van der Waals surface area contributed by atoms with Gasteiger partial charge in [-0.15, -0.1) is 0 Å². The van der Waals surface area contributed by atoms with Gasteiger partial charge in [-0.05, 0) is 5.92 Å². The maximum absolute atomic E-state index is 3.95. The Hall–Kier alpha value is 0. The van der Waals surface area contributed by atoms with Gasteiger partial charge < -0.3 is 0 Å². The van der Waals surface area contributed by atoms with Crippen molar-refractivity contribution in [3.05, 3.63) is 13.8 Å². The lowest BCUT2D eigenvalue weighted by atomic mass is 9.92. The summed E-state index contributed by atoms with van der Waals surface area (Å²) in [6.45, 7) is 10.2. The quantitative estimate of drug-likeness (QED) is 0.194. The number of hydrogen-bond acceptors (Lipinski definition) is 0. The molecule has 0 heteroatoms. The molecule has 0 aromatic rings.